The third kappa shape index (κ3) is 1.78. The van der Waals surface area contributed by atoms with E-state index in [0.717, 1.165) is 0 Å². The van der Waals surface area contributed by atoms with Gasteiger partial charge in [0, 0.05) is 4.47 Å². The molecule has 0 saturated carbocycles. The second kappa shape index (κ2) is 3.90. The van der Waals surface area contributed by atoms with Crippen LogP contribution in [0, 0.1) is 6.92 Å². The summed E-state index contributed by atoms with van der Waals surface area (Å²) in [6, 6.07) is 6.27. The predicted molar refractivity (Wildman–Crippen MR) is 57.5 cm³/mol. The second-order valence-electron chi connectivity index (χ2n) is 2.98. The first kappa shape index (κ1) is 9.53. The van der Waals surface area contributed by atoms with E-state index in [9.17, 15) is 0 Å². The Bertz CT molecular complexity index is 289. The molecule has 1 rings (SSSR count). The lowest BCUT2D eigenvalue weighted by atomic mass is 9.97. The number of benzene rings is 1. The molecule has 64 valence electrons. The van der Waals surface area contributed by atoms with Crippen molar-refractivity contribution in [3.05, 3.63) is 46.5 Å². The van der Waals surface area contributed by atoms with E-state index in [-0.39, 0.29) is 0 Å². The summed E-state index contributed by atoms with van der Waals surface area (Å²) in [5.41, 5.74) is 2.66. The van der Waals surface area contributed by atoms with Gasteiger partial charge in [-0.3, -0.25) is 0 Å². The molecule has 1 heteroatoms. The Balaban J connectivity index is 3.15. The molecule has 0 aliphatic carbocycles. The number of hydrogen-bond acceptors (Lipinski definition) is 0. The first-order valence-electron chi connectivity index (χ1n) is 4.04. The van der Waals surface area contributed by atoms with Gasteiger partial charge in [-0.15, -0.1) is 6.58 Å². The molecule has 1 atom stereocenters. The van der Waals surface area contributed by atoms with Gasteiger partial charge in [0.25, 0.3) is 0 Å². The van der Waals surface area contributed by atoms with E-state index in [1.165, 1.54) is 15.6 Å². The van der Waals surface area contributed by atoms with E-state index < -0.39 is 0 Å². The van der Waals surface area contributed by atoms with E-state index in [0.29, 0.717) is 5.92 Å². The maximum Gasteiger partial charge on any atom is 0.0207 e. The number of rotatable bonds is 2. The molecule has 1 aromatic carbocycles. The molecule has 0 spiro atoms. The van der Waals surface area contributed by atoms with E-state index in [1.807, 2.05) is 6.08 Å². The van der Waals surface area contributed by atoms with Crippen molar-refractivity contribution in [1.82, 2.24) is 0 Å². The van der Waals surface area contributed by atoms with E-state index in [4.69, 9.17) is 0 Å². The largest absolute Gasteiger partial charge is 0.102 e. The summed E-state index contributed by atoms with van der Waals surface area (Å²) in [7, 11) is 0. The molecule has 0 bridgehead atoms. The molecule has 1 aromatic rings. The molecule has 12 heavy (non-hydrogen) atoms. The quantitative estimate of drug-likeness (QED) is 0.666. The fraction of sp³-hybridized carbons (Fsp3) is 0.273. The predicted octanol–water partition coefficient (Wildman–Crippen LogP) is 4.05. The van der Waals surface area contributed by atoms with Gasteiger partial charge in [-0.1, -0.05) is 41.1 Å². The first-order chi connectivity index (χ1) is 5.66. The van der Waals surface area contributed by atoms with Gasteiger partial charge in [-0.05, 0) is 30.0 Å². The molecule has 0 nitrogen and oxygen atoms in total. The minimum absolute atomic E-state index is 0.433. The lowest BCUT2D eigenvalue weighted by Crippen LogP contribution is -1.92. The van der Waals surface area contributed by atoms with Crippen LogP contribution in [-0.4, -0.2) is 0 Å². The SMILES string of the molecule is C=CC(C)c1cccc(Br)c1C. The molecule has 0 fully saturated rings. The van der Waals surface area contributed by atoms with Crippen molar-refractivity contribution in [1.29, 1.82) is 0 Å². The van der Waals surface area contributed by atoms with Gasteiger partial charge in [-0.2, -0.15) is 0 Å². The molecule has 0 aliphatic heterocycles. The summed E-state index contributed by atoms with van der Waals surface area (Å²) >= 11 is 3.51. The van der Waals surface area contributed by atoms with E-state index in [2.05, 4.69) is 54.6 Å². The van der Waals surface area contributed by atoms with Crippen LogP contribution in [0.3, 0.4) is 0 Å². The highest BCUT2D eigenvalue weighted by Crippen LogP contribution is 2.25. The van der Waals surface area contributed by atoms with Gasteiger partial charge in [0.05, 0.1) is 0 Å². The Labute approximate surface area is 82.4 Å². The fourth-order valence-corrected chi connectivity index (χ4v) is 1.63. The van der Waals surface area contributed by atoms with Crippen molar-refractivity contribution in [2.24, 2.45) is 0 Å². The first-order valence-corrected chi connectivity index (χ1v) is 4.83. The Morgan fingerprint density at radius 3 is 2.75 bits per heavy atom. The molecule has 0 saturated heterocycles. The van der Waals surface area contributed by atoms with Gasteiger partial charge in [-0.25, -0.2) is 0 Å². The average molecular weight is 225 g/mol. The van der Waals surface area contributed by atoms with Crippen LogP contribution in [0.4, 0.5) is 0 Å². The highest BCUT2D eigenvalue weighted by Gasteiger charge is 2.05. The Kier molecular flexibility index (Phi) is 3.10. The van der Waals surface area contributed by atoms with Crippen molar-refractivity contribution >= 4 is 15.9 Å². The van der Waals surface area contributed by atoms with Crippen molar-refractivity contribution in [2.75, 3.05) is 0 Å². The average Bonchev–Trinajstić information content (AvgIpc) is 2.08. The third-order valence-electron chi connectivity index (χ3n) is 2.15. The molecular weight excluding hydrogens is 212 g/mol. The van der Waals surface area contributed by atoms with Gasteiger partial charge in [0.2, 0.25) is 0 Å². The molecule has 0 amide bonds. The number of hydrogen-bond donors (Lipinski definition) is 0. The molecule has 0 heterocycles. The second-order valence-corrected chi connectivity index (χ2v) is 3.83. The highest BCUT2D eigenvalue weighted by atomic mass is 79.9. The number of halogens is 1. The fourth-order valence-electron chi connectivity index (χ4n) is 1.24. The van der Waals surface area contributed by atoms with Gasteiger partial charge >= 0.3 is 0 Å². The maximum absolute atomic E-state index is 3.79. The zero-order chi connectivity index (χ0) is 9.14. The molecule has 0 radical (unpaired) electrons. The minimum Gasteiger partial charge on any atom is -0.102 e. The zero-order valence-corrected chi connectivity index (χ0v) is 9.06. The molecular formula is C11H13Br. The molecule has 0 aromatic heterocycles. The van der Waals surface area contributed by atoms with Crippen LogP contribution in [0.1, 0.15) is 24.0 Å². The van der Waals surface area contributed by atoms with E-state index >= 15 is 0 Å². The smallest absolute Gasteiger partial charge is 0.0207 e. The van der Waals surface area contributed by atoms with Crippen molar-refractivity contribution < 1.29 is 0 Å². The Hall–Kier alpha value is -0.560. The molecule has 0 N–H and O–H groups in total. The van der Waals surface area contributed by atoms with Gasteiger partial charge in [0.1, 0.15) is 0 Å². The Morgan fingerprint density at radius 1 is 1.50 bits per heavy atom. The van der Waals surface area contributed by atoms with Crippen molar-refractivity contribution in [3.8, 4) is 0 Å². The monoisotopic (exact) mass is 224 g/mol. The lowest BCUT2D eigenvalue weighted by molar-refractivity contribution is 0.953. The summed E-state index contributed by atoms with van der Waals surface area (Å²) in [4.78, 5) is 0. The summed E-state index contributed by atoms with van der Waals surface area (Å²) in [5.74, 6) is 0.433. The van der Waals surface area contributed by atoms with E-state index in [1.54, 1.807) is 0 Å². The van der Waals surface area contributed by atoms with Crippen LogP contribution in [0.25, 0.3) is 0 Å². The topological polar surface area (TPSA) is 0 Å². The Morgan fingerprint density at radius 2 is 2.17 bits per heavy atom. The standard InChI is InChI=1S/C11H13Br/c1-4-8(2)10-6-5-7-11(12)9(10)3/h4-8H,1H2,2-3H3. The van der Waals surface area contributed by atoms with Crippen LogP contribution in [0.15, 0.2) is 35.3 Å². The van der Waals surface area contributed by atoms with Crippen LogP contribution in [0.5, 0.6) is 0 Å². The summed E-state index contributed by atoms with van der Waals surface area (Å²) in [5, 5.41) is 0. The minimum atomic E-state index is 0.433. The van der Waals surface area contributed by atoms with Crippen molar-refractivity contribution in [3.63, 3.8) is 0 Å². The highest BCUT2D eigenvalue weighted by molar-refractivity contribution is 9.10. The molecule has 1 unspecified atom stereocenters. The number of allylic oxidation sites excluding steroid dienone is 1. The van der Waals surface area contributed by atoms with Gasteiger partial charge < -0.3 is 0 Å². The van der Waals surface area contributed by atoms with Gasteiger partial charge in [0.15, 0.2) is 0 Å². The van der Waals surface area contributed by atoms with Crippen LogP contribution in [-0.2, 0) is 0 Å². The van der Waals surface area contributed by atoms with Crippen molar-refractivity contribution in [2.45, 2.75) is 19.8 Å². The van der Waals surface area contributed by atoms with Crippen LogP contribution >= 0.6 is 15.9 Å². The van der Waals surface area contributed by atoms with Crippen LogP contribution in [0.2, 0.25) is 0 Å². The summed E-state index contributed by atoms with van der Waals surface area (Å²) in [6.07, 6.45) is 1.97. The normalized spacial score (nSPS) is 12.6. The van der Waals surface area contributed by atoms with Crippen LogP contribution < -0.4 is 0 Å². The lowest BCUT2D eigenvalue weighted by Gasteiger charge is -2.10. The molecule has 0 aliphatic rings. The maximum atomic E-state index is 3.79. The summed E-state index contributed by atoms with van der Waals surface area (Å²) < 4.78 is 1.17. The summed E-state index contributed by atoms with van der Waals surface area (Å²) in [6.45, 7) is 8.07. The third-order valence-corrected chi connectivity index (χ3v) is 3.01. The zero-order valence-electron chi connectivity index (χ0n) is 7.47.